The highest BCUT2D eigenvalue weighted by atomic mass is 32.2. The minimum atomic E-state index is -0.235. The Balaban J connectivity index is 1.45. The Morgan fingerprint density at radius 2 is 1.68 bits per heavy atom. The van der Waals surface area contributed by atoms with E-state index < -0.39 is 0 Å². The van der Waals surface area contributed by atoms with Crippen LogP contribution in [0.3, 0.4) is 0 Å². The topological polar surface area (TPSA) is 126 Å². The lowest BCUT2D eigenvalue weighted by Gasteiger charge is -2.10. The van der Waals surface area contributed by atoms with Gasteiger partial charge in [0.25, 0.3) is 5.78 Å². The van der Waals surface area contributed by atoms with Gasteiger partial charge in [0.05, 0.1) is 5.75 Å². The van der Waals surface area contributed by atoms with Crippen molar-refractivity contribution in [3.63, 3.8) is 0 Å². The number of ketones is 1. The molecule has 0 spiro atoms. The Labute approximate surface area is 200 Å². The number of hydrogen-bond donors (Lipinski definition) is 3. The number of carbonyl (C=O) groups is 2. The number of fused-ring (bicyclic) bond motifs is 1. The van der Waals surface area contributed by atoms with E-state index in [1.165, 1.54) is 11.8 Å². The van der Waals surface area contributed by atoms with E-state index in [1.807, 2.05) is 32.0 Å². The summed E-state index contributed by atoms with van der Waals surface area (Å²) in [5.41, 5.74) is 1.64. The summed E-state index contributed by atoms with van der Waals surface area (Å²) in [6.07, 6.45) is 0. The van der Waals surface area contributed by atoms with Crippen LogP contribution in [0, 0.1) is 0 Å². The van der Waals surface area contributed by atoms with E-state index in [9.17, 15) is 9.59 Å². The number of amides is 1. The quantitative estimate of drug-likeness (QED) is 0.233. The third kappa shape index (κ3) is 5.31. The van der Waals surface area contributed by atoms with Crippen molar-refractivity contribution < 1.29 is 9.59 Å². The van der Waals surface area contributed by atoms with Gasteiger partial charge in [0.1, 0.15) is 0 Å². The van der Waals surface area contributed by atoms with E-state index in [2.05, 4.69) is 36.1 Å². The normalized spacial score (nSPS) is 10.8. The highest BCUT2D eigenvalue weighted by molar-refractivity contribution is 7.99. The van der Waals surface area contributed by atoms with Crippen LogP contribution in [-0.2, 0) is 4.79 Å². The minimum Gasteiger partial charge on any atom is -0.355 e. The molecule has 0 unspecified atom stereocenters. The van der Waals surface area contributed by atoms with Crippen molar-refractivity contribution in [3.8, 4) is 0 Å². The lowest BCUT2D eigenvalue weighted by Crippen LogP contribution is -2.15. The van der Waals surface area contributed by atoms with Crippen LogP contribution < -0.4 is 16.0 Å². The van der Waals surface area contributed by atoms with Gasteiger partial charge in [-0.25, -0.2) is 4.40 Å². The van der Waals surface area contributed by atoms with Gasteiger partial charge >= 0.3 is 0 Å². The molecule has 34 heavy (non-hydrogen) atoms. The standard InChI is InChI=1S/C23H24N8O2S/c1-3-24-20-27-21(25-4-2)31-22(28-20)29-30-23(31)34-14-18(32)26-17-12-8-11-16(13-17)19(33)15-9-6-5-7-10-15/h5-13H,3-4,14H2,1-2H3,(H,26,32)(H2,24,25,27,28,29). The van der Waals surface area contributed by atoms with Crippen LogP contribution in [0.2, 0.25) is 0 Å². The zero-order chi connectivity index (χ0) is 23.9. The van der Waals surface area contributed by atoms with Crippen molar-refractivity contribution in [2.24, 2.45) is 0 Å². The van der Waals surface area contributed by atoms with Gasteiger partial charge in [-0.3, -0.25) is 9.59 Å². The maximum Gasteiger partial charge on any atom is 0.261 e. The van der Waals surface area contributed by atoms with E-state index >= 15 is 0 Å². The van der Waals surface area contributed by atoms with Crippen LogP contribution in [-0.4, -0.2) is 55.1 Å². The summed E-state index contributed by atoms with van der Waals surface area (Å²) in [6, 6.07) is 15.9. The number of nitrogens with one attached hydrogen (secondary N) is 3. The lowest BCUT2D eigenvalue weighted by molar-refractivity contribution is -0.113. The first kappa shape index (κ1) is 23.2. The molecule has 0 saturated carbocycles. The Hall–Kier alpha value is -3.99. The van der Waals surface area contributed by atoms with Crippen LogP contribution in [0.4, 0.5) is 17.6 Å². The second kappa shape index (κ2) is 10.8. The average Bonchev–Trinajstić information content (AvgIpc) is 3.26. The molecule has 0 saturated heterocycles. The second-order valence-corrected chi connectivity index (χ2v) is 8.10. The maximum atomic E-state index is 12.7. The highest BCUT2D eigenvalue weighted by Crippen LogP contribution is 2.22. The number of nitrogens with zero attached hydrogens (tertiary/aromatic N) is 5. The number of carbonyl (C=O) groups excluding carboxylic acids is 2. The number of benzene rings is 2. The second-order valence-electron chi connectivity index (χ2n) is 7.16. The van der Waals surface area contributed by atoms with E-state index in [1.54, 1.807) is 40.8 Å². The van der Waals surface area contributed by atoms with Gasteiger partial charge in [0.2, 0.25) is 17.8 Å². The van der Waals surface area contributed by atoms with Crippen LogP contribution in [0.25, 0.3) is 5.78 Å². The third-order valence-electron chi connectivity index (χ3n) is 4.69. The zero-order valence-electron chi connectivity index (χ0n) is 18.8. The molecule has 3 N–H and O–H groups in total. The molecule has 10 nitrogen and oxygen atoms in total. The Morgan fingerprint density at radius 3 is 2.44 bits per heavy atom. The number of rotatable bonds is 10. The van der Waals surface area contributed by atoms with Crippen LogP contribution in [0.15, 0.2) is 59.8 Å². The number of hydrogen-bond acceptors (Lipinski definition) is 9. The molecule has 1 amide bonds. The lowest BCUT2D eigenvalue weighted by atomic mass is 10.0. The summed E-state index contributed by atoms with van der Waals surface area (Å²) >= 11 is 1.22. The van der Waals surface area contributed by atoms with Crippen LogP contribution in [0.1, 0.15) is 29.8 Å². The molecule has 4 aromatic rings. The molecule has 4 rings (SSSR count). The van der Waals surface area contributed by atoms with Crippen molar-refractivity contribution in [2.75, 3.05) is 34.8 Å². The maximum absolute atomic E-state index is 12.7. The molecule has 11 heteroatoms. The molecule has 174 valence electrons. The number of thioether (sulfide) groups is 1. The van der Waals surface area contributed by atoms with Crippen molar-refractivity contribution in [1.82, 2.24) is 24.6 Å². The van der Waals surface area contributed by atoms with Gasteiger partial charge in [-0.05, 0) is 26.0 Å². The van der Waals surface area contributed by atoms with E-state index in [0.29, 0.717) is 52.7 Å². The molecule has 0 radical (unpaired) electrons. The predicted molar refractivity (Wildman–Crippen MR) is 133 cm³/mol. The predicted octanol–water partition coefficient (Wildman–Crippen LogP) is 3.34. The molecule has 0 aliphatic heterocycles. The van der Waals surface area contributed by atoms with Crippen molar-refractivity contribution in [1.29, 1.82) is 0 Å². The van der Waals surface area contributed by atoms with E-state index in [4.69, 9.17) is 0 Å². The number of anilines is 3. The molecule has 0 atom stereocenters. The average molecular weight is 477 g/mol. The Morgan fingerprint density at radius 1 is 0.912 bits per heavy atom. The van der Waals surface area contributed by atoms with Gasteiger partial charge in [-0.1, -0.05) is 54.2 Å². The summed E-state index contributed by atoms with van der Waals surface area (Å²) in [6.45, 7) is 5.24. The Kier molecular flexibility index (Phi) is 7.33. The first-order valence-electron chi connectivity index (χ1n) is 10.8. The first-order chi connectivity index (χ1) is 16.6. The van der Waals surface area contributed by atoms with Crippen molar-refractivity contribution in [3.05, 3.63) is 65.7 Å². The fourth-order valence-electron chi connectivity index (χ4n) is 3.22. The van der Waals surface area contributed by atoms with Crippen molar-refractivity contribution in [2.45, 2.75) is 19.0 Å². The molecule has 0 bridgehead atoms. The Bertz CT molecular complexity index is 1310. The fourth-order valence-corrected chi connectivity index (χ4v) is 3.95. The van der Waals surface area contributed by atoms with Gasteiger partial charge in [-0.2, -0.15) is 9.97 Å². The molecule has 0 aliphatic rings. The molecule has 2 aromatic carbocycles. The summed E-state index contributed by atoms with van der Waals surface area (Å²) in [4.78, 5) is 34.1. The summed E-state index contributed by atoms with van der Waals surface area (Å²) in [7, 11) is 0. The van der Waals surface area contributed by atoms with Gasteiger partial charge in [-0.15, -0.1) is 10.2 Å². The van der Waals surface area contributed by atoms with Crippen LogP contribution in [0.5, 0.6) is 0 Å². The summed E-state index contributed by atoms with van der Waals surface area (Å²) < 4.78 is 1.68. The largest absolute Gasteiger partial charge is 0.355 e. The van der Waals surface area contributed by atoms with Gasteiger partial charge in [0, 0.05) is 29.9 Å². The zero-order valence-corrected chi connectivity index (χ0v) is 19.6. The molecular formula is C23H24N8O2S. The van der Waals surface area contributed by atoms with Crippen molar-refractivity contribution >= 4 is 46.8 Å². The fraction of sp³-hybridized carbons (Fsp3) is 0.217. The number of aromatic nitrogens is 5. The van der Waals surface area contributed by atoms with E-state index in [-0.39, 0.29) is 17.4 Å². The summed E-state index contributed by atoms with van der Waals surface area (Å²) in [5.74, 6) is 1.14. The smallest absolute Gasteiger partial charge is 0.261 e. The van der Waals surface area contributed by atoms with Crippen LogP contribution >= 0.6 is 11.8 Å². The molecule has 2 heterocycles. The molecule has 2 aromatic heterocycles. The van der Waals surface area contributed by atoms with Gasteiger partial charge < -0.3 is 16.0 Å². The van der Waals surface area contributed by atoms with Gasteiger partial charge in [0.15, 0.2) is 10.9 Å². The minimum absolute atomic E-state index is 0.0954. The molecular weight excluding hydrogens is 452 g/mol. The molecule has 0 fully saturated rings. The SMILES string of the molecule is CCNc1nc(NCC)n2c(SCC(=O)Nc3cccc(C(=O)c4ccccc4)c3)nnc2n1. The molecule has 0 aliphatic carbocycles. The third-order valence-corrected chi connectivity index (χ3v) is 5.62. The van der Waals surface area contributed by atoms with E-state index in [0.717, 1.165) is 0 Å². The monoisotopic (exact) mass is 476 g/mol. The highest BCUT2D eigenvalue weighted by Gasteiger charge is 2.16. The summed E-state index contributed by atoms with van der Waals surface area (Å²) in [5, 5.41) is 17.9. The first-order valence-corrected chi connectivity index (χ1v) is 11.8.